The van der Waals surface area contributed by atoms with Gasteiger partial charge in [0.05, 0.1) is 12.7 Å². The van der Waals surface area contributed by atoms with E-state index in [0.29, 0.717) is 5.92 Å². The molecule has 2 rings (SSSR count). The Morgan fingerprint density at radius 1 is 1.63 bits per heavy atom. The van der Waals surface area contributed by atoms with Crippen molar-refractivity contribution in [2.45, 2.75) is 18.9 Å². The number of halogens is 2. The molecule has 19 heavy (non-hydrogen) atoms. The van der Waals surface area contributed by atoms with Crippen LogP contribution in [0.25, 0.3) is 0 Å². The van der Waals surface area contributed by atoms with E-state index in [1.165, 1.54) is 11.3 Å². The topological polar surface area (TPSA) is 30.5 Å². The van der Waals surface area contributed by atoms with Crippen molar-refractivity contribution >= 4 is 38.9 Å². The summed E-state index contributed by atoms with van der Waals surface area (Å²) in [5, 5.41) is 3.43. The van der Waals surface area contributed by atoms with Gasteiger partial charge in [-0.05, 0) is 34.8 Å². The van der Waals surface area contributed by atoms with Crippen molar-refractivity contribution in [2.24, 2.45) is 5.92 Å². The first-order valence-electron chi connectivity index (χ1n) is 6.48. The van der Waals surface area contributed by atoms with Crippen LogP contribution in [0.2, 0.25) is 4.34 Å². The average molecular weight is 369 g/mol. The molecule has 0 aromatic carbocycles. The van der Waals surface area contributed by atoms with Crippen molar-refractivity contribution in [3.8, 4) is 0 Å². The minimum Gasteiger partial charge on any atom is -0.383 e. The van der Waals surface area contributed by atoms with Gasteiger partial charge in [0.15, 0.2) is 0 Å². The van der Waals surface area contributed by atoms with Crippen molar-refractivity contribution < 1.29 is 9.47 Å². The lowest BCUT2D eigenvalue weighted by Crippen LogP contribution is -2.33. The molecular formula is C13H19BrClNO2S. The van der Waals surface area contributed by atoms with Crippen molar-refractivity contribution in [1.29, 1.82) is 0 Å². The van der Waals surface area contributed by atoms with Crippen molar-refractivity contribution in [3.05, 3.63) is 19.8 Å². The third-order valence-electron chi connectivity index (χ3n) is 3.28. The summed E-state index contributed by atoms with van der Waals surface area (Å²) in [6.45, 7) is 3.43. The van der Waals surface area contributed by atoms with Crippen molar-refractivity contribution in [3.63, 3.8) is 0 Å². The van der Waals surface area contributed by atoms with E-state index < -0.39 is 0 Å². The summed E-state index contributed by atoms with van der Waals surface area (Å²) in [6, 6.07) is 2.09. The van der Waals surface area contributed by atoms with Crippen LogP contribution in [0.1, 0.15) is 23.8 Å². The molecule has 1 aromatic heterocycles. The Morgan fingerprint density at radius 3 is 3.16 bits per heavy atom. The summed E-state index contributed by atoms with van der Waals surface area (Å²) in [4.78, 5) is 1.22. The van der Waals surface area contributed by atoms with Gasteiger partial charge >= 0.3 is 0 Å². The highest BCUT2D eigenvalue weighted by Gasteiger charge is 2.29. The summed E-state index contributed by atoms with van der Waals surface area (Å²) >= 11 is 11.2. The van der Waals surface area contributed by atoms with E-state index in [1.807, 2.05) is 0 Å². The minimum atomic E-state index is 0.164. The van der Waals surface area contributed by atoms with Crippen LogP contribution in [0.5, 0.6) is 0 Å². The Morgan fingerprint density at radius 2 is 2.47 bits per heavy atom. The monoisotopic (exact) mass is 367 g/mol. The number of ether oxygens (including phenoxy) is 2. The molecule has 2 unspecified atom stereocenters. The van der Waals surface area contributed by atoms with Crippen LogP contribution in [0.3, 0.4) is 0 Å². The first-order chi connectivity index (χ1) is 9.22. The highest BCUT2D eigenvalue weighted by atomic mass is 79.9. The zero-order chi connectivity index (χ0) is 13.7. The Kier molecular flexibility index (Phi) is 6.59. The second-order valence-corrected chi connectivity index (χ2v) is 7.20. The number of thiophene rings is 1. The number of rotatable bonds is 6. The Bertz CT molecular complexity index is 382. The Balaban J connectivity index is 1.95. The number of nitrogens with one attached hydrogen (secondary N) is 1. The van der Waals surface area contributed by atoms with E-state index in [9.17, 15) is 0 Å². The van der Waals surface area contributed by atoms with E-state index in [4.69, 9.17) is 21.1 Å². The van der Waals surface area contributed by atoms with Gasteiger partial charge in [-0.15, -0.1) is 11.3 Å². The molecule has 0 radical (unpaired) electrons. The quantitative estimate of drug-likeness (QED) is 0.773. The lowest BCUT2D eigenvalue weighted by molar-refractivity contribution is -0.0259. The van der Waals surface area contributed by atoms with Gasteiger partial charge in [0, 0.05) is 42.1 Å². The summed E-state index contributed by atoms with van der Waals surface area (Å²) < 4.78 is 12.8. The second-order valence-electron chi connectivity index (χ2n) is 4.66. The van der Waals surface area contributed by atoms with Gasteiger partial charge in [0.25, 0.3) is 0 Å². The highest BCUT2D eigenvalue weighted by molar-refractivity contribution is 9.10. The van der Waals surface area contributed by atoms with E-state index in [-0.39, 0.29) is 6.10 Å². The number of hydrogen-bond acceptors (Lipinski definition) is 4. The van der Waals surface area contributed by atoms with Crippen LogP contribution in [0.15, 0.2) is 10.5 Å². The molecule has 2 heterocycles. The van der Waals surface area contributed by atoms with Crippen LogP contribution in [0, 0.1) is 5.92 Å². The van der Waals surface area contributed by atoms with Gasteiger partial charge in [0.2, 0.25) is 0 Å². The molecular weight excluding hydrogens is 350 g/mol. The maximum absolute atomic E-state index is 6.13. The normalized spacial score (nSPS) is 23.7. The third kappa shape index (κ3) is 4.41. The standard InChI is InChI=1S/C13H19BrClNO2S/c1-17-6-4-16-8-9-3-2-5-18-12(9)11-7-10(14)13(15)19-11/h7,9,12,16H,2-6,8H2,1H3. The van der Waals surface area contributed by atoms with Gasteiger partial charge in [0.1, 0.15) is 4.34 Å². The largest absolute Gasteiger partial charge is 0.383 e. The van der Waals surface area contributed by atoms with Gasteiger partial charge in [-0.3, -0.25) is 0 Å². The molecule has 1 aliphatic rings. The third-order valence-corrected chi connectivity index (χ3v) is 5.82. The van der Waals surface area contributed by atoms with Gasteiger partial charge < -0.3 is 14.8 Å². The molecule has 0 aliphatic carbocycles. The van der Waals surface area contributed by atoms with Crippen LogP contribution in [-0.4, -0.2) is 33.4 Å². The number of methoxy groups -OCH3 is 1. The van der Waals surface area contributed by atoms with Gasteiger partial charge in [-0.25, -0.2) is 0 Å². The maximum atomic E-state index is 6.13. The van der Waals surface area contributed by atoms with Crippen LogP contribution in [0.4, 0.5) is 0 Å². The van der Waals surface area contributed by atoms with Crippen LogP contribution >= 0.6 is 38.9 Å². The molecule has 1 fully saturated rings. The molecule has 2 atom stereocenters. The van der Waals surface area contributed by atoms with Gasteiger partial charge in [-0.1, -0.05) is 11.6 Å². The smallest absolute Gasteiger partial charge is 0.107 e. The summed E-state index contributed by atoms with van der Waals surface area (Å²) in [5.41, 5.74) is 0. The lowest BCUT2D eigenvalue weighted by atomic mass is 9.93. The van der Waals surface area contributed by atoms with Crippen LogP contribution in [-0.2, 0) is 9.47 Å². The van der Waals surface area contributed by atoms with Crippen molar-refractivity contribution in [1.82, 2.24) is 5.32 Å². The van der Waals surface area contributed by atoms with Gasteiger partial charge in [-0.2, -0.15) is 0 Å². The molecule has 3 nitrogen and oxygen atoms in total. The molecule has 108 valence electrons. The van der Waals surface area contributed by atoms with E-state index in [1.54, 1.807) is 18.4 Å². The molecule has 6 heteroatoms. The summed E-state index contributed by atoms with van der Waals surface area (Å²) in [5.74, 6) is 0.507. The predicted molar refractivity (Wildman–Crippen MR) is 83.2 cm³/mol. The molecule has 0 amide bonds. The summed E-state index contributed by atoms with van der Waals surface area (Å²) in [6.07, 6.45) is 2.49. The molecule has 0 bridgehead atoms. The molecule has 1 saturated heterocycles. The highest BCUT2D eigenvalue weighted by Crippen LogP contribution is 2.41. The van der Waals surface area contributed by atoms with E-state index >= 15 is 0 Å². The zero-order valence-electron chi connectivity index (χ0n) is 11.0. The molecule has 1 aliphatic heterocycles. The first-order valence-corrected chi connectivity index (χ1v) is 8.47. The molecule has 1 N–H and O–H groups in total. The molecule has 0 spiro atoms. The molecule has 0 saturated carbocycles. The molecule has 1 aromatic rings. The SMILES string of the molecule is COCCNCC1CCCOC1c1cc(Br)c(Cl)s1. The van der Waals surface area contributed by atoms with E-state index in [2.05, 4.69) is 27.3 Å². The fraction of sp³-hybridized carbons (Fsp3) is 0.692. The lowest BCUT2D eigenvalue weighted by Gasteiger charge is -2.31. The van der Waals surface area contributed by atoms with Crippen LogP contribution < -0.4 is 5.32 Å². The minimum absolute atomic E-state index is 0.164. The first kappa shape index (κ1) is 15.7. The maximum Gasteiger partial charge on any atom is 0.107 e. The second kappa shape index (κ2) is 7.96. The zero-order valence-corrected chi connectivity index (χ0v) is 14.1. The van der Waals surface area contributed by atoms with E-state index in [0.717, 1.165) is 41.5 Å². The van der Waals surface area contributed by atoms with Crippen molar-refractivity contribution in [2.75, 3.05) is 33.4 Å². The predicted octanol–water partition coefficient (Wildman–Crippen LogP) is 3.87. The number of hydrogen-bond donors (Lipinski definition) is 1. The summed E-state index contributed by atoms with van der Waals surface area (Å²) in [7, 11) is 1.72. The fourth-order valence-corrected chi connectivity index (χ4v) is 4.21. The average Bonchev–Trinajstić information content (AvgIpc) is 2.75. The fourth-order valence-electron chi connectivity index (χ4n) is 2.33. The Labute approximate surface area is 131 Å². The Hall–Kier alpha value is 0.350.